The first-order valence-electron chi connectivity index (χ1n) is 6.02. The summed E-state index contributed by atoms with van der Waals surface area (Å²) in [6, 6.07) is 0. The summed E-state index contributed by atoms with van der Waals surface area (Å²) in [5, 5.41) is 22.3. The third kappa shape index (κ3) is 11.8. The second-order valence-corrected chi connectivity index (χ2v) is 3.81. The van der Waals surface area contributed by atoms with Crippen LogP contribution in [0.25, 0.3) is 0 Å². The largest absolute Gasteiger partial charge is 0.330 e. The molecule has 0 radical (unpaired) electrons. The van der Waals surface area contributed by atoms with Gasteiger partial charge in [-0.3, -0.25) is 0 Å². The van der Waals surface area contributed by atoms with Gasteiger partial charge in [0.05, 0.1) is 0 Å². The Bertz CT molecular complexity index is 138. The number of unbranched alkanes of at least 4 members (excludes halogenated alkanes) is 1. The van der Waals surface area contributed by atoms with Gasteiger partial charge < -0.3 is 21.5 Å². The minimum atomic E-state index is 0.512. The summed E-state index contributed by atoms with van der Waals surface area (Å²) in [5.41, 5.74) is 7.43. The Hall–Kier alpha value is -0.240. The molecule has 0 atom stereocenters. The van der Waals surface area contributed by atoms with E-state index in [-0.39, 0.29) is 0 Å². The highest BCUT2D eigenvalue weighted by Gasteiger charge is 1.99. The van der Waals surface area contributed by atoms with Gasteiger partial charge in [-0.2, -0.15) is 5.06 Å². The summed E-state index contributed by atoms with van der Waals surface area (Å²) in [6.45, 7) is 4.47. The van der Waals surface area contributed by atoms with Gasteiger partial charge in [0.15, 0.2) is 0 Å². The van der Waals surface area contributed by atoms with E-state index >= 15 is 0 Å². The lowest BCUT2D eigenvalue weighted by Crippen LogP contribution is -2.25. The number of hydrogen-bond acceptors (Lipinski definition) is 6. The topological polar surface area (TPSA) is 93.8 Å². The maximum absolute atomic E-state index is 9.40. The lowest BCUT2D eigenvalue weighted by molar-refractivity contribution is -0.0928. The van der Waals surface area contributed by atoms with Crippen LogP contribution < -0.4 is 16.5 Å². The van der Waals surface area contributed by atoms with E-state index in [4.69, 9.17) is 10.9 Å². The lowest BCUT2D eigenvalue weighted by atomic mass is 10.3. The van der Waals surface area contributed by atoms with Gasteiger partial charge in [0.1, 0.15) is 0 Å². The fraction of sp³-hybridized carbons (Fsp3) is 1.00. The van der Waals surface area contributed by atoms with Crippen molar-refractivity contribution >= 4 is 0 Å². The van der Waals surface area contributed by atoms with Crippen molar-refractivity contribution in [1.82, 2.24) is 15.9 Å². The van der Waals surface area contributed by atoms with Gasteiger partial charge in [-0.25, -0.2) is 5.48 Å². The molecule has 6 nitrogen and oxygen atoms in total. The molecule has 0 saturated heterocycles. The molecular weight excluding hydrogens is 208 g/mol. The van der Waals surface area contributed by atoms with Crippen LogP contribution in [0.5, 0.6) is 0 Å². The summed E-state index contributed by atoms with van der Waals surface area (Å²) >= 11 is 0. The average molecular weight is 234 g/mol. The number of nitrogens with one attached hydrogen (secondary N) is 2. The minimum Gasteiger partial charge on any atom is -0.330 e. The van der Waals surface area contributed by atoms with Crippen LogP contribution in [0.4, 0.5) is 0 Å². The summed E-state index contributed by atoms with van der Waals surface area (Å²) in [4.78, 5) is 0. The average Bonchev–Trinajstić information content (AvgIpc) is 2.28. The van der Waals surface area contributed by atoms with Crippen LogP contribution in [0, 0.1) is 0 Å². The lowest BCUT2D eigenvalue weighted by Gasteiger charge is -2.14. The molecule has 0 amide bonds. The minimum absolute atomic E-state index is 0.512. The van der Waals surface area contributed by atoms with Crippen molar-refractivity contribution in [2.24, 2.45) is 5.73 Å². The molecule has 0 spiro atoms. The highest BCUT2D eigenvalue weighted by Crippen LogP contribution is 1.93. The van der Waals surface area contributed by atoms with Crippen molar-refractivity contribution in [2.45, 2.75) is 25.7 Å². The maximum atomic E-state index is 9.40. The second kappa shape index (κ2) is 12.8. The number of hydrogen-bond donors (Lipinski definition) is 5. The van der Waals surface area contributed by atoms with E-state index in [1.807, 2.05) is 0 Å². The van der Waals surface area contributed by atoms with E-state index in [9.17, 15) is 5.21 Å². The van der Waals surface area contributed by atoms with E-state index < -0.39 is 0 Å². The Morgan fingerprint density at radius 2 is 1.62 bits per heavy atom. The third-order valence-corrected chi connectivity index (χ3v) is 2.28. The van der Waals surface area contributed by atoms with Gasteiger partial charge >= 0.3 is 0 Å². The Morgan fingerprint density at radius 1 is 0.938 bits per heavy atom. The molecule has 0 aliphatic heterocycles. The summed E-state index contributed by atoms with van der Waals surface area (Å²) in [5.74, 6) is 0. The molecule has 98 valence electrons. The first-order valence-corrected chi connectivity index (χ1v) is 6.02. The van der Waals surface area contributed by atoms with Gasteiger partial charge in [0.2, 0.25) is 0 Å². The van der Waals surface area contributed by atoms with Crippen LogP contribution in [0.1, 0.15) is 25.7 Å². The fourth-order valence-corrected chi connectivity index (χ4v) is 1.35. The van der Waals surface area contributed by atoms with Crippen LogP contribution in [-0.4, -0.2) is 54.7 Å². The molecule has 0 bridgehead atoms. The molecule has 0 heterocycles. The van der Waals surface area contributed by atoms with Crippen LogP contribution in [0.2, 0.25) is 0 Å². The van der Waals surface area contributed by atoms with Gasteiger partial charge in [0, 0.05) is 19.6 Å². The SMILES string of the molecule is NCCCNCCCCN(O)CCCNO. The number of nitrogens with zero attached hydrogens (tertiary/aromatic N) is 1. The first kappa shape index (κ1) is 15.8. The van der Waals surface area contributed by atoms with Crippen LogP contribution in [-0.2, 0) is 0 Å². The van der Waals surface area contributed by atoms with Crippen molar-refractivity contribution in [3.05, 3.63) is 0 Å². The van der Waals surface area contributed by atoms with Gasteiger partial charge in [-0.1, -0.05) is 0 Å². The van der Waals surface area contributed by atoms with Gasteiger partial charge in [-0.05, 0) is 45.3 Å². The quantitative estimate of drug-likeness (QED) is 0.236. The zero-order valence-corrected chi connectivity index (χ0v) is 9.99. The third-order valence-electron chi connectivity index (χ3n) is 2.28. The Labute approximate surface area is 97.7 Å². The maximum Gasteiger partial charge on any atom is 0.0251 e. The van der Waals surface area contributed by atoms with Gasteiger partial charge in [0.25, 0.3) is 0 Å². The molecule has 0 aromatic rings. The molecule has 0 aromatic heterocycles. The zero-order chi connectivity index (χ0) is 12.1. The standard InChI is InChI=1S/C10H26N4O2/c11-5-3-7-12-6-1-2-9-14(16)10-4-8-13-15/h12-13,15-16H,1-11H2. The molecule has 0 aliphatic carbocycles. The normalized spacial score (nSPS) is 11.2. The molecule has 0 rings (SSSR count). The van der Waals surface area contributed by atoms with Gasteiger partial charge in [-0.15, -0.1) is 0 Å². The summed E-state index contributed by atoms with van der Waals surface area (Å²) < 4.78 is 0. The van der Waals surface area contributed by atoms with Crippen LogP contribution in [0.15, 0.2) is 0 Å². The highest BCUT2D eigenvalue weighted by molar-refractivity contribution is 4.52. The second-order valence-electron chi connectivity index (χ2n) is 3.81. The monoisotopic (exact) mass is 234 g/mol. The van der Waals surface area contributed by atoms with E-state index in [2.05, 4.69) is 10.8 Å². The van der Waals surface area contributed by atoms with Crippen molar-refractivity contribution in [3.8, 4) is 0 Å². The number of nitrogens with two attached hydrogens (primary N) is 1. The molecule has 0 saturated carbocycles. The van der Waals surface area contributed by atoms with Crippen molar-refractivity contribution in [1.29, 1.82) is 0 Å². The summed E-state index contributed by atoms with van der Waals surface area (Å²) in [6.07, 6.45) is 3.78. The predicted molar refractivity (Wildman–Crippen MR) is 63.5 cm³/mol. The Balaban J connectivity index is 3.06. The molecule has 16 heavy (non-hydrogen) atoms. The highest BCUT2D eigenvalue weighted by atomic mass is 16.5. The molecule has 0 unspecified atom stereocenters. The number of hydroxylamine groups is 3. The van der Waals surface area contributed by atoms with Crippen LogP contribution in [0.3, 0.4) is 0 Å². The zero-order valence-electron chi connectivity index (χ0n) is 9.99. The molecule has 6 N–H and O–H groups in total. The van der Waals surface area contributed by atoms with Crippen molar-refractivity contribution in [3.63, 3.8) is 0 Å². The molecule has 0 fully saturated rings. The Kier molecular flexibility index (Phi) is 12.6. The van der Waals surface area contributed by atoms with E-state index in [0.29, 0.717) is 19.6 Å². The van der Waals surface area contributed by atoms with Crippen molar-refractivity contribution < 1.29 is 10.4 Å². The molecular formula is C10H26N4O2. The molecule has 6 heteroatoms. The molecule has 0 aliphatic rings. The van der Waals surface area contributed by atoms with Crippen LogP contribution >= 0.6 is 0 Å². The van der Waals surface area contributed by atoms with Crippen molar-refractivity contribution in [2.75, 3.05) is 39.3 Å². The number of rotatable bonds is 12. The fourth-order valence-electron chi connectivity index (χ4n) is 1.35. The first-order chi connectivity index (χ1) is 7.81. The van der Waals surface area contributed by atoms with E-state index in [1.54, 1.807) is 0 Å². The molecule has 0 aromatic carbocycles. The smallest absolute Gasteiger partial charge is 0.0251 e. The van der Waals surface area contributed by atoms with E-state index in [0.717, 1.165) is 45.3 Å². The predicted octanol–water partition coefficient (Wildman–Crippen LogP) is -0.235. The summed E-state index contributed by atoms with van der Waals surface area (Å²) in [7, 11) is 0. The Morgan fingerprint density at radius 3 is 2.31 bits per heavy atom. The van der Waals surface area contributed by atoms with E-state index in [1.165, 1.54) is 5.06 Å².